The van der Waals surface area contributed by atoms with Crippen LogP contribution >= 0.6 is 11.8 Å². The molecule has 0 amide bonds. The average Bonchev–Trinajstić information content (AvgIpc) is 3.01. The summed E-state index contributed by atoms with van der Waals surface area (Å²) in [5.74, 6) is 1.14. The van der Waals surface area contributed by atoms with E-state index in [2.05, 4.69) is 53.4 Å². The lowest BCUT2D eigenvalue weighted by Crippen LogP contribution is -2.20. The molecular weight excluding hydrogens is 264 g/mol. The summed E-state index contributed by atoms with van der Waals surface area (Å²) in [6.07, 6.45) is 7.52. The smallest absolute Gasteiger partial charge is 0.0750 e. The van der Waals surface area contributed by atoms with E-state index in [1.54, 1.807) is 0 Å². The second-order valence-electron chi connectivity index (χ2n) is 5.50. The molecule has 1 aromatic heterocycles. The Morgan fingerprint density at radius 2 is 2.05 bits per heavy atom. The number of aromatic nitrogens is 1. The van der Waals surface area contributed by atoms with Gasteiger partial charge in [0.2, 0.25) is 0 Å². The molecule has 0 saturated heterocycles. The van der Waals surface area contributed by atoms with E-state index < -0.39 is 0 Å². The Kier molecular flexibility index (Phi) is 4.58. The van der Waals surface area contributed by atoms with Crippen molar-refractivity contribution in [3.05, 3.63) is 42.1 Å². The molecule has 3 rings (SSSR count). The van der Waals surface area contributed by atoms with E-state index in [0.29, 0.717) is 6.04 Å². The van der Waals surface area contributed by atoms with Crippen LogP contribution in [0.25, 0.3) is 10.9 Å². The molecule has 1 heterocycles. The van der Waals surface area contributed by atoms with Crippen LogP contribution in [0.1, 0.15) is 37.3 Å². The summed E-state index contributed by atoms with van der Waals surface area (Å²) in [5, 5.41) is 5.58. The molecule has 2 aromatic rings. The molecule has 106 valence electrons. The van der Waals surface area contributed by atoms with Gasteiger partial charge < -0.3 is 5.32 Å². The number of fused-ring (bicyclic) bond motifs is 1. The van der Waals surface area contributed by atoms with Gasteiger partial charge in [-0.3, -0.25) is 4.98 Å². The number of benzene rings is 1. The molecule has 2 nitrogen and oxygen atoms in total. The van der Waals surface area contributed by atoms with Gasteiger partial charge in [-0.25, -0.2) is 0 Å². The summed E-state index contributed by atoms with van der Waals surface area (Å²) in [5.41, 5.74) is 2.47. The molecule has 1 atom stereocenters. The highest BCUT2D eigenvalue weighted by Crippen LogP contribution is 2.33. The molecule has 1 N–H and O–H groups in total. The Balaban J connectivity index is 1.79. The van der Waals surface area contributed by atoms with Crippen LogP contribution in [0.4, 0.5) is 0 Å². The van der Waals surface area contributed by atoms with E-state index in [1.165, 1.54) is 36.6 Å². The predicted molar refractivity (Wildman–Crippen MR) is 88.3 cm³/mol. The van der Waals surface area contributed by atoms with Crippen LogP contribution in [0.3, 0.4) is 0 Å². The first-order valence-electron chi connectivity index (χ1n) is 7.51. The van der Waals surface area contributed by atoms with Crippen molar-refractivity contribution in [3.63, 3.8) is 0 Å². The fourth-order valence-electron chi connectivity index (χ4n) is 3.02. The lowest BCUT2D eigenvalue weighted by atomic mass is 10.0. The van der Waals surface area contributed by atoms with Crippen molar-refractivity contribution in [1.82, 2.24) is 10.3 Å². The minimum atomic E-state index is 0.388. The fraction of sp³-hybridized carbons (Fsp3) is 0.471. The second kappa shape index (κ2) is 6.59. The summed E-state index contributed by atoms with van der Waals surface area (Å²) < 4.78 is 0. The van der Waals surface area contributed by atoms with Crippen molar-refractivity contribution in [2.75, 3.05) is 12.8 Å². The summed E-state index contributed by atoms with van der Waals surface area (Å²) in [6.45, 7) is 0. The number of pyridine rings is 1. The topological polar surface area (TPSA) is 24.9 Å². The third kappa shape index (κ3) is 2.99. The van der Waals surface area contributed by atoms with Crippen molar-refractivity contribution < 1.29 is 0 Å². The van der Waals surface area contributed by atoms with Crippen LogP contribution in [-0.2, 0) is 0 Å². The van der Waals surface area contributed by atoms with Gasteiger partial charge >= 0.3 is 0 Å². The fourth-order valence-corrected chi connectivity index (χ4v) is 4.50. The Morgan fingerprint density at radius 1 is 1.25 bits per heavy atom. The quantitative estimate of drug-likeness (QED) is 0.893. The molecule has 0 bridgehead atoms. The maximum Gasteiger partial charge on any atom is 0.0750 e. The molecule has 1 saturated carbocycles. The number of nitrogens with one attached hydrogen (secondary N) is 1. The Bertz CT molecular complexity index is 558. The van der Waals surface area contributed by atoms with Crippen molar-refractivity contribution in [1.29, 1.82) is 0 Å². The maximum absolute atomic E-state index is 4.58. The van der Waals surface area contributed by atoms with Crippen LogP contribution in [0.15, 0.2) is 36.5 Å². The molecule has 0 radical (unpaired) electrons. The number of rotatable bonds is 5. The minimum absolute atomic E-state index is 0.388. The van der Waals surface area contributed by atoms with E-state index in [-0.39, 0.29) is 0 Å². The van der Waals surface area contributed by atoms with Crippen molar-refractivity contribution in [3.8, 4) is 0 Å². The normalized spacial score (nSPS) is 17.6. The van der Waals surface area contributed by atoms with E-state index in [1.807, 2.05) is 12.3 Å². The Morgan fingerprint density at radius 3 is 2.85 bits per heavy atom. The first-order valence-corrected chi connectivity index (χ1v) is 8.56. The molecule has 0 spiro atoms. The van der Waals surface area contributed by atoms with Gasteiger partial charge in [0, 0.05) is 28.6 Å². The van der Waals surface area contributed by atoms with Gasteiger partial charge in [-0.2, -0.15) is 11.8 Å². The molecule has 20 heavy (non-hydrogen) atoms. The van der Waals surface area contributed by atoms with Gasteiger partial charge in [0.05, 0.1) is 5.52 Å². The SMILES string of the molecule is CNC(CSC1CCCC1)c1cccc2cccnc12. The van der Waals surface area contributed by atoms with E-state index in [4.69, 9.17) is 0 Å². The summed E-state index contributed by atoms with van der Waals surface area (Å²) in [4.78, 5) is 4.58. The average molecular weight is 286 g/mol. The zero-order valence-electron chi connectivity index (χ0n) is 12.0. The number of hydrogen-bond donors (Lipinski definition) is 1. The van der Waals surface area contributed by atoms with Crippen LogP contribution < -0.4 is 5.32 Å². The molecule has 1 unspecified atom stereocenters. The van der Waals surface area contributed by atoms with Gasteiger partial charge in [0.1, 0.15) is 0 Å². The highest BCUT2D eigenvalue weighted by molar-refractivity contribution is 7.99. The lowest BCUT2D eigenvalue weighted by molar-refractivity contribution is 0.663. The number of nitrogens with zero attached hydrogens (tertiary/aromatic N) is 1. The van der Waals surface area contributed by atoms with E-state index >= 15 is 0 Å². The predicted octanol–water partition coefficient (Wildman–Crippen LogP) is 4.17. The lowest BCUT2D eigenvalue weighted by Gasteiger charge is -2.19. The molecule has 3 heteroatoms. The first kappa shape index (κ1) is 13.9. The van der Waals surface area contributed by atoms with Gasteiger partial charge in [-0.15, -0.1) is 0 Å². The van der Waals surface area contributed by atoms with Gasteiger partial charge in [-0.1, -0.05) is 37.1 Å². The molecular formula is C17H22N2S. The molecule has 1 aromatic carbocycles. The highest BCUT2D eigenvalue weighted by atomic mass is 32.2. The summed E-state index contributed by atoms with van der Waals surface area (Å²) >= 11 is 2.13. The number of para-hydroxylation sites is 1. The molecule has 1 aliphatic rings. The van der Waals surface area contributed by atoms with Crippen molar-refractivity contribution >= 4 is 22.7 Å². The largest absolute Gasteiger partial charge is 0.312 e. The van der Waals surface area contributed by atoms with Crippen LogP contribution in [-0.4, -0.2) is 23.0 Å². The van der Waals surface area contributed by atoms with Gasteiger partial charge in [0.15, 0.2) is 0 Å². The van der Waals surface area contributed by atoms with Crippen molar-refractivity contribution in [2.24, 2.45) is 0 Å². The first-order chi connectivity index (χ1) is 9.88. The minimum Gasteiger partial charge on any atom is -0.312 e. The Hall–Kier alpha value is -1.06. The summed E-state index contributed by atoms with van der Waals surface area (Å²) in [6, 6.07) is 11.0. The monoisotopic (exact) mass is 286 g/mol. The van der Waals surface area contributed by atoms with E-state index in [0.717, 1.165) is 16.5 Å². The maximum atomic E-state index is 4.58. The Labute approximate surface area is 125 Å². The standard InChI is InChI=1S/C17H22N2S/c1-18-16(12-20-14-8-2-3-9-14)15-10-4-6-13-7-5-11-19-17(13)15/h4-7,10-11,14,16,18H,2-3,8-9,12H2,1H3. The third-order valence-corrected chi connectivity index (χ3v) is 5.66. The van der Waals surface area contributed by atoms with Gasteiger partial charge in [-0.05, 0) is 31.5 Å². The molecule has 1 aliphatic carbocycles. The van der Waals surface area contributed by atoms with Crippen molar-refractivity contribution in [2.45, 2.75) is 37.0 Å². The molecule has 0 aliphatic heterocycles. The third-order valence-electron chi connectivity index (χ3n) is 4.19. The molecule has 1 fully saturated rings. The second-order valence-corrected chi connectivity index (χ2v) is 6.84. The summed E-state index contributed by atoms with van der Waals surface area (Å²) in [7, 11) is 2.06. The van der Waals surface area contributed by atoms with Crippen LogP contribution in [0.2, 0.25) is 0 Å². The zero-order valence-corrected chi connectivity index (χ0v) is 12.8. The zero-order chi connectivity index (χ0) is 13.8. The van der Waals surface area contributed by atoms with E-state index in [9.17, 15) is 0 Å². The number of hydrogen-bond acceptors (Lipinski definition) is 3. The number of thioether (sulfide) groups is 1. The van der Waals surface area contributed by atoms with Crippen LogP contribution in [0, 0.1) is 0 Å². The highest BCUT2D eigenvalue weighted by Gasteiger charge is 2.19. The van der Waals surface area contributed by atoms with Crippen LogP contribution in [0.5, 0.6) is 0 Å². The van der Waals surface area contributed by atoms with Gasteiger partial charge in [0.25, 0.3) is 0 Å².